The van der Waals surface area contributed by atoms with Gasteiger partial charge in [-0.15, -0.1) is 11.8 Å². The van der Waals surface area contributed by atoms with E-state index in [4.69, 9.17) is 11.6 Å². The van der Waals surface area contributed by atoms with E-state index in [2.05, 4.69) is 5.32 Å². The van der Waals surface area contributed by atoms with E-state index in [-0.39, 0.29) is 17.2 Å². The fraction of sp³-hybridized carbons (Fsp3) is 0.440. The molecule has 4 nitrogen and oxygen atoms in total. The predicted octanol–water partition coefficient (Wildman–Crippen LogP) is 5.91. The van der Waals surface area contributed by atoms with Crippen molar-refractivity contribution in [3.05, 3.63) is 70.2 Å². The highest BCUT2D eigenvalue weighted by Crippen LogP contribution is 2.39. The minimum Gasteiger partial charge on any atom is -0.351 e. The maximum atomic E-state index is 12.5. The Morgan fingerprint density at radius 2 is 1.78 bits per heavy atom. The van der Waals surface area contributed by atoms with E-state index >= 15 is 0 Å². The minimum atomic E-state index is -0.0396. The number of nitrogens with one attached hydrogen (secondary N) is 1. The van der Waals surface area contributed by atoms with Gasteiger partial charge >= 0.3 is 0 Å². The second-order valence-corrected chi connectivity index (χ2v) is 11.2. The van der Waals surface area contributed by atoms with Crippen molar-refractivity contribution in [1.82, 2.24) is 10.2 Å². The molecule has 2 aromatic carbocycles. The van der Waals surface area contributed by atoms with E-state index < -0.39 is 0 Å². The molecule has 2 aromatic rings. The molecular weight excluding hydrogens is 460 g/mol. The highest BCUT2D eigenvalue weighted by molar-refractivity contribution is 8.00. The van der Waals surface area contributed by atoms with Gasteiger partial charge in [0, 0.05) is 34.7 Å². The number of amides is 2. The maximum absolute atomic E-state index is 12.5. The zero-order valence-electron chi connectivity index (χ0n) is 18.1. The first-order valence-electron chi connectivity index (χ1n) is 11.3. The molecule has 32 heavy (non-hydrogen) atoms. The molecule has 2 aliphatic rings. The number of benzene rings is 2. The molecule has 0 bridgehead atoms. The largest absolute Gasteiger partial charge is 0.351 e. The van der Waals surface area contributed by atoms with Crippen LogP contribution in [-0.4, -0.2) is 40.0 Å². The summed E-state index contributed by atoms with van der Waals surface area (Å²) >= 11 is 9.60. The maximum Gasteiger partial charge on any atom is 0.251 e. The number of rotatable bonds is 8. The van der Waals surface area contributed by atoms with Crippen LogP contribution in [0.2, 0.25) is 5.02 Å². The van der Waals surface area contributed by atoms with Gasteiger partial charge in [-0.3, -0.25) is 9.59 Å². The first-order valence-corrected chi connectivity index (χ1v) is 13.7. The van der Waals surface area contributed by atoms with Gasteiger partial charge in [0.25, 0.3) is 5.91 Å². The molecule has 1 aliphatic heterocycles. The van der Waals surface area contributed by atoms with Crippen molar-refractivity contribution in [2.75, 3.05) is 18.1 Å². The fourth-order valence-electron chi connectivity index (χ4n) is 4.21. The van der Waals surface area contributed by atoms with Gasteiger partial charge in [0.2, 0.25) is 5.91 Å². The molecule has 2 fully saturated rings. The first-order chi connectivity index (χ1) is 15.6. The van der Waals surface area contributed by atoms with Crippen LogP contribution in [0.15, 0.2) is 48.5 Å². The van der Waals surface area contributed by atoms with Gasteiger partial charge < -0.3 is 10.2 Å². The first kappa shape index (κ1) is 23.5. The van der Waals surface area contributed by atoms with Crippen LogP contribution in [0.25, 0.3) is 0 Å². The number of carbonyl (C=O) groups is 2. The lowest BCUT2D eigenvalue weighted by molar-refractivity contribution is -0.128. The molecule has 0 aromatic heterocycles. The lowest BCUT2D eigenvalue weighted by Gasteiger charge is -2.24. The van der Waals surface area contributed by atoms with Crippen LogP contribution in [-0.2, 0) is 11.3 Å². The van der Waals surface area contributed by atoms with Gasteiger partial charge in [-0.25, -0.2) is 0 Å². The molecule has 0 radical (unpaired) electrons. The van der Waals surface area contributed by atoms with Crippen LogP contribution >= 0.6 is 35.1 Å². The fourth-order valence-corrected chi connectivity index (χ4v) is 6.74. The molecule has 1 aliphatic carbocycles. The Morgan fingerprint density at radius 3 is 2.50 bits per heavy atom. The summed E-state index contributed by atoms with van der Waals surface area (Å²) in [6.07, 6.45) is 6.69. The third-order valence-corrected chi connectivity index (χ3v) is 8.88. The van der Waals surface area contributed by atoms with E-state index in [9.17, 15) is 9.59 Å². The normalized spacial score (nSPS) is 19.3. The van der Waals surface area contributed by atoms with Crippen molar-refractivity contribution >= 4 is 46.9 Å². The van der Waals surface area contributed by atoms with Gasteiger partial charge in [-0.2, -0.15) is 11.8 Å². The van der Waals surface area contributed by atoms with Crippen molar-refractivity contribution < 1.29 is 9.59 Å². The smallest absolute Gasteiger partial charge is 0.251 e. The molecule has 0 unspecified atom stereocenters. The van der Waals surface area contributed by atoms with Crippen molar-refractivity contribution in [2.45, 2.75) is 49.3 Å². The molecule has 0 spiro atoms. The molecule has 1 heterocycles. The summed E-state index contributed by atoms with van der Waals surface area (Å²) < 4.78 is 0. The Labute approximate surface area is 203 Å². The molecule has 1 atom stereocenters. The van der Waals surface area contributed by atoms with Gasteiger partial charge in [0.15, 0.2) is 0 Å². The number of hydrogen-bond acceptors (Lipinski definition) is 4. The second-order valence-electron chi connectivity index (χ2n) is 8.32. The van der Waals surface area contributed by atoms with Crippen LogP contribution in [0, 0.1) is 0 Å². The third kappa shape index (κ3) is 6.24. The summed E-state index contributed by atoms with van der Waals surface area (Å²) in [5, 5.41) is 4.46. The Morgan fingerprint density at radius 1 is 1.06 bits per heavy atom. The minimum absolute atomic E-state index is 0.0334. The zero-order valence-corrected chi connectivity index (χ0v) is 20.5. The van der Waals surface area contributed by atoms with Crippen LogP contribution in [0.4, 0.5) is 0 Å². The summed E-state index contributed by atoms with van der Waals surface area (Å²) in [6.45, 7) is 1.25. The topological polar surface area (TPSA) is 49.4 Å². The van der Waals surface area contributed by atoms with Gasteiger partial charge in [-0.1, -0.05) is 55.1 Å². The quantitative estimate of drug-likeness (QED) is 0.469. The van der Waals surface area contributed by atoms with Crippen molar-refractivity contribution in [3.63, 3.8) is 0 Å². The summed E-state index contributed by atoms with van der Waals surface area (Å²) in [5.74, 6) is 1.54. The standard InChI is InChI=1S/C25H29ClN2O2S2/c26-21-12-6-18(7-13-21)16-28-23(29)17-32-25(28)20-10-8-19(9-11-20)24(30)27-14-15-31-22-4-2-1-3-5-22/h6-13,22,25H,1-5,14-17H2,(H,27,30)/t25-/m1/s1. The molecule has 7 heteroatoms. The molecule has 1 saturated carbocycles. The zero-order chi connectivity index (χ0) is 22.3. The Balaban J connectivity index is 1.30. The van der Waals surface area contributed by atoms with Crippen LogP contribution in [0.3, 0.4) is 0 Å². The van der Waals surface area contributed by atoms with Crippen molar-refractivity contribution in [3.8, 4) is 0 Å². The van der Waals surface area contributed by atoms with Gasteiger partial charge in [0.05, 0.1) is 5.75 Å². The van der Waals surface area contributed by atoms with Crippen LogP contribution in [0.5, 0.6) is 0 Å². The van der Waals surface area contributed by atoms with E-state index in [1.807, 2.05) is 65.2 Å². The summed E-state index contributed by atoms with van der Waals surface area (Å²) in [4.78, 5) is 26.9. The van der Waals surface area contributed by atoms with Gasteiger partial charge in [0.1, 0.15) is 5.37 Å². The molecule has 2 amide bonds. The Kier molecular flexibility index (Phi) is 8.44. The van der Waals surface area contributed by atoms with E-state index in [1.165, 1.54) is 32.1 Å². The summed E-state index contributed by atoms with van der Waals surface area (Å²) in [5.41, 5.74) is 2.76. The van der Waals surface area contributed by atoms with Gasteiger partial charge in [-0.05, 0) is 48.2 Å². The SMILES string of the molecule is O=C(NCCSC1CCCCC1)c1ccc([C@H]2SCC(=O)N2Cc2ccc(Cl)cc2)cc1. The molecule has 1 saturated heterocycles. The van der Waals surface area contributed by atoms with Crippen molar-refractivity contribution in [2.24, 2.45) is 0 Å². The number of nitrogens with zero attached hydrogens (tertiary/aromatic N) is 1. The molecular formula is C25H29ClN2O2S2. The average Bonchev–Trinajstić information content (AvgIpc) is 3.19. The van der Waals surface area contributed by atoms with E-state index in [1.54, 1.807) is 11.8 Å². The number of halogens is 1. The third-order valence-electron chi connectivity index (χ3n) is 5.99. The monoisotopic (exact) mass is 488 g/mol. The summed E-state index contributed by atoms with van der Waals surface area (Å²) in [7, 11) is 0. The lowest BCUT2D eigenvalue weighted by Crippen LogP contribution is -2.28. The Hall–Kier alpha value is -1.63. The molecule has 4 rings (SSSR count). The summed E-state index contributed by atoms with van der Waals surface area (Å²) in [6, 6.07) is 15.3. The van der Waals surface area contributed by atoms with Crippen LogP contribution < -0.4 is 5.32 Å². The second kappa shape index (κ2) is 11.5. The average molecular weight is 489 g/mol. The van der Waals surface area contributed by atoms with Crippen LogP contribution in [0.1, 0.15) is 59.0 Å². The van der Waals surface area contributed by atoms with E-state index in [0.717, 1.165) is 22.1 Å². The number of thioether (sulfide) groups is 2. The highest BCUT2D eigenvalue weighted by Gasteiger charge is 2.32. The lowest BCUT2D eigenvalue weighted by atomic mass is 10.0. The van der Waals surface area contributed by atoms with E-state index in [0.29, 0.717) is 29.4 Å². The molecule has 1 N–H and O–H groups in total. The number of hydrogen-bond donors (Lipinski definition) is 1. The highest BCUT2D eigenvalue weighted by atomic mass is 35.5. The molecule has 170 valence electrons. The Bertz CT molecular complexity index is 915. The number of carbonyl (C=O) groups excluding carboxylic acids is 2. The van der Waals surface area contributed by atoms with Crippen molar-refractivity contribution in [1.29, 1.82) is 0 Å². The predicted molar refractivity (Wildman–Crippen MR) is 135 cm³/mol.